The second-order valence-electron chi connectivity index (χ2n) is 32.2. The van der Waals surface area contributed by atoms with Crippen molar-refractivity contribution in [2.75, 3.05) is 113 Å². The molecule has 5 fully saturated rings. The Kier molecular flexibility index (Phi) is 29.0. The number of nitrogens with one attached hydrogen (secondary N) is 1. The van der Waals surface area contributed by atoms with E-state index in [1.165, 1.54) is 11.3 Å². The molecule has 1 unspecified atom stereocenters. The molecule has 117 heavy (non-hydrogen) atoms. The van der Waals surface area contributed by atoms with E-state index < -0.39 is 15.7 Å². The van der Waals surface area contributed by atoms with Gasteiger partial charge in [-0.15, -0.1) is 0 Å². The molecule has 1 amide bonds. The first-order valence-electron chi connectivity index (χ1n) is 41.1. The number of nitro benzene ring substituents is 1. The number of anilines is 3. The van der Waals surface area contributed by atoms with Crippen LogP contribution in [0.3, 0.4) is 0 Å². The molecular weight excluding hydrogens is 1490 g/mol. The Morgan fingerprint density at radius 3 is 1.23 bits per heavy atom. The van der Waals surface area contributed by atoms with Gasteiger partial charge in [-0.3, -0.25) is 20.4 Å². The minimum atomic E-state index is -3.57. The van der Waals surface area contributed by atoms with E-state index >= 15 is 0 Å². The van der Waals surface area contributed by atoms with Gasteiger partial charge in [0.2, 0.25) is 0 Å². The second-order valence-corrected chi connectivity index (χ2v) is 34.1. The van der Waals surface area contributed by atoms with E-state index in [0.717, 1.165) is 187 Å². The van der Waals surface area contributed by atoms with E-state index in [1.807, 2.05) is 122 Å². The Bertz CT molecular complexity index is 4970. The molecule has 1 saturated carbocycles. The molecule has 9 aromatic rings. The minimum Gasteiger partial charge on any atom is -0.508 e. The van der Waals surface area contributed by atoms with Gasteiger partial charge in [-0.1, -0.05) is 152 Å². The molecule has 5 aliphatic rings. The number of amides is 1. The van der Waals surface area contributed by atoms with Gasteiger partial charge in [0.1, 0.15) is 17.1 Å². The number of carbonyl (C=O) groups is 1. The van der Waals surface area contributed by atoms with Gasteiger partial charge in [0, 0.05) is 139 Å². The van der Waals surface area contributed by atoms with Gasteiger partial charge < -0.3 is 59.6 Å². The van der Waals surface area contributed by atoms with Crippen molar-refractivity contribution in [2.24, 2.45) is 11.1 Å². The Balaban J connectivity index is 0.000000163. The fraction of sp³-hybridized carbons (Fsp3) is 0.354. The van der Waals surface area contributed by atoms with Crippen LogP contribution in [-0.2, 0) is 14.9 Å². The predicted octanol–water partition coefficient (Wildman–Crippen LogP) is 17.1. The summed E-state index contributed by atoms with van der Waals surface area (Å²) in [5.41, 5.74) is 24.7. The van der Waals surface area contributed by atoms with E-state index in [2.05, 4.69) is 143 Å². The normalized spacial score (nSPS) is 17.1. The second kappa shape index (κ2) is 39.7. The van der Waals surface area contributed by atoms with Crippen molar-refractivity contribution in [1.29, 1.82) is 5.41 Å². The third-order valence-electron chi connectivity index (χ3n) is 22.6. The van der Waals surface area contributed by atoms with E-state index in [-0.39, 0.29) is 58.9 Å². The largest absolute Gasteiger partial charge is 0.508 e. The number of aromatic hydroxyl groups is 1. The molecule has 14 rings (SSSR count). The van der Waals surface area contributed by atoms with E-state index in [1.54, 1.807) is 36.4 Å². The monoisotopic (exact) mass is 1600 g/mol. The molecule has 1 aliphatic carbocycles. The number of phenolic OH excluding ortho intramolecular Hbond substituents is 1. The van der Waals surface area contributed by atoms with Crippen LogP contribution in [0.1, 0.15) is 149 Å². The van der Waals surface area contributed by atoms with Crippen molar-refractivity contribution in [1.82, 2.24) is 14.7 Å². The predicted molar refractivity (Wildman–Crippen MR) is 472 cm³/mol. The molecule has 1 spiro atoms. The molecule has 9 aromatic carbocycles. The van der Waals surface area contributed by atoms with Crippen LogP contribution in [-0.4, -0.2) is 176 Å². The molecular formula is C96H113N9O11S. The van der Waals surface area contributed by atoms with Crippen LogP contribution in [0.2, 0.25) is 0 Å². The highest BCUT2D eigenvalue weighted by molar-refractivity contribution is 7.88. The third-order valence-corrected chi connectivity index (χ3v) is 24.3. The van der Waals surface area contributed by atoms with E-state index in [0.29, 0.717) is 56.7 Å². The number of ether oxygens (including phenoxy) is 1. The van der Waals surface area contributed by atoms with Crippen molar-refractivity contribution < 1.29 is 47.5 Å². The number of nitro groups is 1. The summed E-state index contributed by atoms with van der Waals surface area (Å²) in [5.74, 6) is 0.706. The number of aliphatic hydroxyl groups excluding tert-OH is 3. The van der Waals surface area contributed by atoms with Crippen molar-refractivity contribution >= 4 is 78.4 Å². The number of likely N-dealkylation sites (tertiary alicyclic amines) is 1. The van der Waals surface area contributed by atoms with Crippen molar-refractivity contribution in [3.63, 3.8) is 0 Å². The van der Waals surface area contributed by atoms with Gasteiger partial charge in [0.15, 0.2) is 5.96 Å². The maximum absolute atomic E-state index is 12.7. The Hall–Kier alpha value is -11.1. The summed E-state index contributed by atoms with van der Waals surface area (Å²) in [6.07, 6.45) is 7.15. The molecule has 614 valence electrons. The number of hydrogen-bond acceptors (Lipinski definition) is 16. The molecule has 1 atom stereocenters. The number of rotatable bonds is 26. The van der Waals surface area contributed by atoms with Crippen LogP contribution < -0.4 is 24.6 Å². The SMILES string of the molecule is CC(C)(C)OC(=O)N1CCC2(CCN(c3ccc(/C(=C(/CCCO)c4ccccc4)c4ccc([N+](=O)[O-])cc4)cc3)C2)C1.CC(C)N1CCN(c2ccc(/C(=C(/CCCO)c3ccccc3)c3ccc(OS(=O)(=O)C4CC4)cc3)cc2)CC1.N=C(N)N1CCN(c2ccc(/C(=C(/CCCO)c3ccccc3)c3ccc(O)cc3)cc2)CC1. The van der Waals surface area contributed by atoms with Crippen LogP contribution in [0.15, 0.2) is 237 Å². The molecule has 20 nitrogen and oxygen atoms in total. The highest BCUT2D eigenvalue weighted by atomic mass is 32.2. The number of allylic oxidation sites excluding steroid dienone is 3. The molecule has 0 aromatic heterocycles. The summed E-state index contributed by atoms with van der Waals surface area (Å²) in [5, 5.41) is 57.4. The zero-order valence-electron chi connectivity index (χ0n) is 68.1. The standard InChI is InChI=1S/C35H41N3O5.C33H40N2O4S.C28H32N4O2/c1-34(2,3)43-33(40)37-22-20-35(25-37)19-21-36(24-35)29-15-11-27(12-16-29)32(28-13-17-30(18-14-28)38(41)42)31(10-7-23-39)26-8-5-4-6-9-26;1-25(2)34-20-22-35(23-21-34)29-14-10-27(11-15-29)33(32(9-6-24-36)26-7-4-3-5-8-26)28-12-16-30(17-13-28)39-40(37,38)31-18-19-31;29-28(30)32-18-16-31(17-19-32)24-12-8-22(9-13-24)27(23-10-14-25(34)15-11-23)26(7-4-20-33)21-5-2-1-3-6-21/h4-6,8-9,11-18,39H,7,10,19-25H2,1-3H3;3-5,7-8,10-17,25,31,36H,6,9,18-24H2,1-2H3;1-3,5-6,8-15,33-34H,4,7,16-20H2,(H3,29,30)/b32-31+;33-32+;27-26+. The summed E-state index contributed by atoms with van der Waals surface area (Å²) >= 11 is 0. The van der Waals surface area contributed by atoms with Gasteiger partial charge in [0.05, 0.1) is 10.2 Å². The summed E-state index contributed by atoms with van der Waals surface area (Å²) in [7, 11) is -3.57. The summed E-state index contributed by atoms with van der Waals surface area (Å²) in [4.78, 5) is 37.1. The number of nitrogens with zero attached hydrogens (tertiary/aromatic N) is 7. The van der Waals surface area contributed by atoms with Crippen LogP contribution in [0, 0.1) is 20.9 Å². The number of non-ortho nitro benzene ring substituents is 1. The molecule has 4 heterocycles. The third kappa shape index (κ3) is 22.6. The molecule has 21 heteroatoms. The molecule has 7 N–H and O–H groups in total. The topological polar surface area (TPSA) is 263 Å². The van der Waals surface area contributed by atoms with Crippen LogP contribution in [0.4, 0.5) is 27.5 Å². The molecule has 0 bridgehead atoms. The number of carbonyl (C=O) groups excluding carboxylic acids is 1. The van der Waals surface area contributed by atoms with Crippen molar-refractivity contribution in [2.45, 2.75) is 116 Å². The number of phenols is 1. The Morgan fingerprint density at radius 1 is 0.496 bits per heavy atom. The lowest BCUT2D eigenvalue weighted by Crippen LogP contribution is -2.50. The van der Waals surface area contributed by atoms with Crippen LogP contribution in [0.25, 0.3) is 33.4 Å². The number of benzene rings is 9. The fourth-order valence-corrected chi connectivity index (χ4v) is 17.4. The highest BCUT2D eigenvalue weighted by Crippen LogP contribution is 2.45. The number of guanidine groups is 1. The summed E-state index contributed by atoms with van der Waals surface area (Å²) < 4.78 is 35.8. The maximum atomic E-state index is 12.7. The van der Waals surface area contributed by atoms with Gasteiger partial charge in [0.25, 0.3) is 5.69 Å². The average Bonchev–Trinajstić information content (AvgIpc) is 1.66. The molecule has 0 radical (unpaired) electrons. The first-order valence-corrected chi connectivity index (χ1v) is 42.6. The van der Waals surface area contributed by atoms with Crippen molar-refractivity contribution in [3.05, 3.63) is 297 Å². The average molecular weight is 1600 g/mol. The Morgan fingerprint density at radius 2 is 0.863 bits per heavy atom. The van der Waals surface area contributed by atoms with Gasteiger partial charge in [-0.2, -0.15) is 8.42 Å². The van der Waals surface area contributed by atoms with E-state index in [4.69, 9.17) is 20.1 Å². The van der Waals surface area contributed by atoms with Gasteiger partial charge in [-0.05, 0) is 255 Å². The fourth-order valence-electron chi connectivity index (χ4n) is 16.2. The number of hydrogen-bond donors (Lipinski definition) is 6. The zero-order chi connectivity index (χ0) is 82.6. The van der Waals surface area contributed by atoms with Gasteiger partial charge in [-0.25, -0.2) is 4.79 Å². The Labute approximate surface area is 690 Å². The first-order chi connectivity index (χ1) is 56.5. The maximum Gasteiger partial charge on any atom is 0.410 e. The lowest BCUT2D eigenvalue weighted by molar-refractivity contribution is -0.384. The molecule has 4 aliphatic heterocycles. The van der Waals surface area contributed by atoms with E-state index in [9.17, 15) is 43.8 Å². The smallest absolute Gasteiger partial charge is 0.410 e. The number of aliphatic hydroxyl groups is 3. The minimum absolute atomic E-state index is 0.0511. The van der Waals surface area contributed by atoms with Crippen LogP contribution >= 0.6 is 0 Å². The van der Waals surface area contributed by atoms with Crippen LogP contribution in [0.5, 0.6) is 11.5 Å². The summed E-state index contributed by atoms with van der Waals surface area (Å²) in [6.45, 7) is 21.1. The first kappa shape index (κ1) is 85.3. The molecule has 4 saturated heterocycles. The highest BCUT2D eigenvalue weighted by Gasteiger charge is 2.46. The lowest BCUT2D eigenvalue weighted by atomic mass is 9.86. The lowest BCUT2D eigenvalue weighted by Gasteiger charge is -2.38. The zero-order valence-corrected chi connectivity index (χ0v) is 68.9. The van der Waals surface area contributed by atoms with Gasteiger partial charge >= 0.3 is 16.2 Å². The summed E-state index contributed by atoms with van der Waals surface area (Å²) in [6, 6.07) is 78.6. The number of piperazine rings is 2. The van der Waals surface area contributed by atoms with Crippen molar-refractivity contribution in [3.8, 4) is 11.5 Å². The number of nitrogens with two attached hydrogens (primary N) is 1. The quantitative estimate of drug-likeness (QED) is 0.00735.